The standard InChI is InChI=1S/C29H33N5O5/c30-24-4-1-2-5-25(24)32-28(35)22-8-6-21(7-9-22)19-34(13-3-12-33-14-16-37-17-15-33)29(36)31-23-10-11-26-27(18-23)39-20-38-26/h1-2,4-11,18H,3,12-17,19-20,30H2,(H,31,36)(H,32,35). The molecule has 0 saturated carbocycles. The Bertz CT molecular complexity index is 1290. The van der Waals surface area contributed by atoms with E-state index in [0.29, 0.717) is 47.2 Å². The van der Waals surface area contributed by atoms with Gasteiger partial charge in [-0.05, 0) is 48.4 Å². The monoisotopic (exact) mass is 531 g/mol. The van der Waals surface area contributed by atoms with Crippen LogP contribution in [0.3, 0.4) is 0 Å². The maximum atomic E-state index is 13.3. The molecule has 0 aromatic heterocycles. The first-order chi connectivity index (χ1) is 19.0. The first-order valence-corrected chi connectivity index (χ1v) is 13.1. The van der Waals surface area contributed by atoms with Crippen molar-refractivity contribution in [1.29, 1.82) is 0 Å². The fraction of sp³-hybridized carbons (Fsp3) is 0.310. The molecule has 39 heavy (non-hydrogen) atoms. The van der Waals surface area contributed by atoms with Crippen LogP contribution in [0.15, 0.2) is 66.7 Å². The van der Waals surface area contributed by atoms with E-state index in [1.54, 1.807) is 47.4 Å². The molecule has 4 N–H and O–H groups in total. The second kappa shape index (κ2) is 12.5. The third-order valence-electron chi connectivity index (χ3n) is 6.72. The Morgan fingerprint density at radius 1 is 0.923 bits per heavy atom. The lowest BCUT2D eigenvalue weighted by atomic mass is 10.1. The van der Waals surface area contributed by atoms with Gasteiger partial charge in [0.25, 0.3) is 5.91 Å². The van der Waals surface area contributed by atoms with Gasteiger partial charge in [-0.15, -0.1) is 0 Å². The van der Waals surface area contributed by atoms with Crippen molar-refractivity contribution in [2.75, 3.05) is 62.6 Å². The van der Waals surface area contributed by atoms with Crippen LogP contribution in [0, 0.1) is 0 Å². The molecule has 2 aliphatic rings. The van der Waals surface area contributed by atoms with Crippen molar-refractivity contribution in [2.24, 2.45) is 0 Å². The van der Waals surface area contributed by atoms with Gasteiger partial charge in [0.05, 0.1) is 24.6 Å². The Morgan fingerprint density at radius 3 is 2.49 bits per heavy atom. The summed E-state index contributed by atoms with van der Waals surface area (Å²) in [6, 6.07) is 19.5. The highest BCUT2D eigenvalue weighted by molar-refractivity contribution is 6.05. The maximum Gasteiger partial charge on any atom is 0.322 e. The van der Waals surface area contributed by atoms with E-state index in [9.17, 15) is 9.59 Å². The van der Waals surface area contributed by atoms with Gasteiger partial charge in [0, 0.05) is 50.0 Å². The summed E-state index contributed by atoms with van der Waals surface area (Å²) in [5.41, 5.74) is 9.07. The van der Waals surface area contributed by atoms with Gasteiger partial charge in [-0.25, -0.2) is 4.79 Å². The van der Waals surface area contributed by atoms with Gasteiger partial charge in [-0.2, -0.15) is 0 Å². The van der Waals surface area contributed by atoms with Crippen molar-refractivity contribution in [3.05, 3.63) is 77.9 Å². The lowest BCUT2D eigenvalue weighted by Gasteiger charge is -2.28. The highest BCUT2D eigenvalue weighted by Gasteiger charge is 2.19. The van der Waals surface area contributed by atoms with Crippen molar-refractivity contribution >= 4 is 29.0 Å². The number of ether oxygens (including phenoxy) is 3. The third kappa shape index (κ3) is 6.98. The van der Waals surface area contributed by atoms with Gasteiger partial charge in [0.15, 0.2) is 11.5 Å². The van der Waals surface area contributed by atoms with Crippen LogP contribution in [0.2, 0.25) is 0 Å². The van der Waals surface area contributed by atoms with E-state index >= 15 is 0 Å². The number of nitrogens with two attached hydrogens (primary N) is 1. The zero-order valence-corrected chi connectivity index (χ0v) is 21.7. The minimum absolute atomic E-state index is 0.174. The molecular formula is C29H33N5O5. The predicted molar refractivity (Wildman–Crippen MR) is 149 cm³/mol. The smallest absolute Gasteiger partial charge is 0.322 e. The molecule has 0 atom stereocenters. The zero-order valence-electron chi connectivity index (χ0n) is 21.7. The lowest BCUT2D eigenvalue weighted by Crippen LogP contribution is -2.40. The van der Waals surface area contributed by atoms with Crippen LogP contribution in [0.4, 0.5) is 21.9 Å². The molecule has 1 saturated heterocycles. The number of hydrogen-bond acceptors (Lipinski definition) is 7. The Kier molecular flexibility index (Phi) is 8.45. The summed E-state index contributed by atoms with van der Waals surface area (Å²) in [7, 11) is 0. The zero-order chi connectivity index (χ0) is 27.0. The second-order valence-electron chi connectivity index (χ2n) is 9.47. The highest BCUT2D eigenvalue weighted by atomic mass is 16.7. The summed E-state index contributed by atoms with van der Waals surface area (Å²) in [6.45, 7) is 5.32. The average molecular weight is 532 g/mol. The molecule has 3 aromatic carbocycles. The summed E-state index contributed by atoms with van der Waals surface area (Å²) in [5, 5.41) is 5.82. The molecule has 3 amide bonds. The molecule has 10 heteroatoms. The lowest BCUT2D eigenvalue weighted by molar-refractivity contribution is 0.0365. The van der Waals surface area contributed by atoms with E-state index < -0.39 is 0 Å². The molecule has 5 rings (SSSR count). The Morgan fingerprint density at radius 2 is 1.69 bits per heavy atom. The van der Waals surface area contributed by atoms with Crippen LogP contribution in [0.5, 0.6) is 11.5 Å². The molecule has 0 bridgehead atoms. The van der Waals surface area contributed by atoms with Gasteiger partial charge in [-0.3, -0.25) is 9.69 Å². The first-order valence-electron chi connectivity index (χ1n) is 13.1. The van der Waals surface area contributed by atoms with Crippen LogP contribution < -0.4 is 25.8 Å². The van der Waals surface area contributed by atoms with Gasteiger partial charge < -0.3 is 35.5 Å². The molecule has 1 fully saturated rings. The number of amides is 3. The maximum absolute atomic E-state index is 13.3. The summed E-state index contributed by atoms with van der Waals surface area (Å²) < 4.78 is 16.2. The van der Waals surface area contributed by atoms with Gasteiger partial charge in [-0.1, -0.05) is 24.3 Å². The van der Waals surface area contributed by atoms with Crippen molar-refractivity contribution in [3.8, 4) is 11.5 Å². The minimum atomic E-state index is -0.248. The number of carbonyl (C=O) groups is 2. The van der Waals surface area contributed by atoms with Crippen LogP contribution in [-0.4, -0.2) is 67.9 Å². The van der Waals surface area contributed by atoms with Crippen LogP contribution in [0.25, 0.3) is 0 Å². The number of anilines is 3. The normalized spacial score (nSPS) is 14.6. The molecule has 204 valence electrons. The predicted octanol–water partition coefficient (Wildman–Crippen LogP) is 4.01. The molecule has 2 aliphatic heterocycles. The van der Waals surface area contributed by atoms with Crippen LogP contribution >= 0.6 is 0 Å². The van der Waals surface area contributed by atoms with E-state index in [0.717, 1.165) is 44.8 Å². The first kappa shape index (κ1) is 26.3. The Balaban J connectivity index is 1.23. The van der Waals surface area contributed by atoms with E-state index in [1.165, 1.54) is 0 Å². The number of nitrogens with zero attached hydrogens (tertiary/aromatic N) is 2. The number of morpholine rings is 1. The number of rotatable bonds is 9. The van der Waals surface area contributed by atoms with Crippen molar-refractivity contribution < 1.29 is 23.8 Å². The summed E-state index contributed by atoms with van der Waals surface area (Å²) in [6.07, 6.45) is 0.827. The molecule has 10 nitrogen and oxygen atoms in total. The fourth-order valence-corrected chi connectivity index (χ4v) is 4.53. The fourth-order valence-electron chi connectivity index (χ4n) is 4.53. The summed E-state index contributed by atoms with van der Waals surface area (Å²) >= 11 is 0. The number of nitrogen functional groups attached to an aromatic ring is 1. The Hall–Kier alpha value is -4.28. The van der Waals surface area contributed by atoms with Gasteiger partial charge >= 0.3 is 6.03 Å². The van der Waals surface area contributed by atoms with Gasteiger partial charge in [0.1, 0.15) is 0 Å². The number of para-hydroxylation sites is 2. The van der Waals surface area contributed by atoms with Crippen LogP contribution in [0.1, 0.15) is 22.3 Å². The topological polar surface area (TPSA) is 118 Å². The van der Waals surface area contributed by atoms with Crippen LogP contribution in [-0.2, 0) is 11.3 Å². The number of urea groups is 1. The quantitative estimate of drug-likeness (QED) is 0.357. The molecule has 3 aromatic rings. The van der Waals surface area contributed by atoms with E-state index in [-0.39, 0.29) is 18.7 Å². The molecule has 0 spiro atoms. The van der Waals surface area contributed by atoms with Crippen molar-refractivity contribution in [3.63, 3.8) is 0 Å². The van der Waals surface area contributed by atoms with Crippen molar-refractivity contribution in [1.82, 2.24) is 9.80 Å². The number of hydrogen-bond donors (Lipinski definition) is 3. The van der Waals surface area contributed by atoms with E-state index in [2.05, 4.69) is 15.5 Å². The van der Waals surface area contributed by atoms with Gasteiger partial charge in [0.2, 0.25) is 6.79 Å². The molecule has 0 aliphatic carbocycles. The summed E-state index contributed by atoms with van der Waals surface area (Å²) in [4.78, 5) is 30.2. The third-order valence-corrected chi connectivity index (χ3v) is 6.72. The van der Waals surface area contributed by atoms with Crippen molar-refractivity contribution in [2.45, 2.75) is 13.0 Å². The number of carbonyl (C=O) groups excluding carboxylic acids is 2. The van der Waals surface area contributed by atoms with E-state index in [4.69, 9.17) is 19.9 Å². The average Bonchev–Trinajstić information content (AvgIpc) is 3.43. The van der Waals surface area contributed by atoms with E-state index in [1.807, 2.05) is 24.3 Å². The number of benzene rings is 3. The molecular weight excluding hydrogens is 498 g/mol. The minimum Gasteiger partial charge on any atom is -0.454 e. The Labute approximate surface area is 227 Å². The second-order valence-corrected chi connectivity index (χ2v) is 9.47. The molecule has 0 radical (unpaired) electrons. The number of nitrogens with one attached hydrogen (secondary N) is 2. The SMILES string of the molecule is Nc1ccccc1NC(=O)c1ccc(CN(CCCN2CCOCC2)C(=O)Nc2ccc3c(c2)OCO3)cc1. The molecule has 0 unspecified atom stereocenters. The largest absolute Gasteiger partial charge is 0.454 e. The highest BCUT2D eigenvalue weighted by Crippen LogP contribution is 2.34. The summed E-state index contributed by atoms with van der Waals surface area (Å²) in [5.74, 6) is 1.02. The molecule has 2 heterocycles. The number of fused-ring (bicyclic) bond motifs is 1.